The number of thioether (sulfide) groups is 1. The van der Waals surface area contributed by atoms with Crippen molar-refractivity contribution in [1.29, 1.82) is 0 Å². The smallest absolute Gasteiger partial charge is 0.244 e. The number of hydrogen-bond donors (Lipinski definition) is 3. The minimum absolute atomic E-state index is 0.0228. The van der Waals surface area contributed by atoms with Crippen molar-refractivity contribution in [1.82, 2.24) is 15.5 Å². The molecule has 8 heteroatoms. The number of aliphatic hydroxyl groups is 1. The van der Waals surface area contributed by atoms with Crippen LogP contribution in [0.2, 0.25) is 0 Å². The van der Waals surface area contributed by atoms with Gasteiger partial charge >= 0.3 is 0 Å². The average Bonchev–Trinajstić information content (AvgIpc) is 3.33. The van der Waals surface area contributed by atoms with Crippen LogP contribution in [0.4, 0.5) is 0 Å². The Labute approximate surface area is 200 Å². The highest BCUT2D eigenvalue weighted by Gasteiger charge is 2.75. The van der Waals surface area contributed by atoms with Crippen molar-refractivity contribution >= 4 is 29.5 Å². The minimum atomic E-state index is -0.641. The zero-order valence-corrected chi connectivity index (χ0v) is 20.7. The molecular weight excluding hydrogens is 438 g/mol. The summed E-state index contributed by atoms with van der Waals surface area (Å²) in [6.07, 6.45) is 1.21. The van der Waals surface area contributed by atoms with E-state index >= 15 is 0 Å². The van der Waals surface area contributed by atoms with Gasteiger partial charge in [-0.3, -0.25) is 14.4 Å². The fraction of sp³-hybridized carbons (Fsp3) is 0.640. The maximum Gasteiger partial charge on any atom is 0.244 e. The highest BCUT2D eigenvalue weighted by Crippen LogP contribution is 2.68. The van der Waals surface area contributed by atoms with Crippen LogP contribution in [-0.4, -0.2) is 62.5 Å². The van der Waals surface area contributed by atoms with Gasteiger partial charge in [-0.15, -0.1) is 11.8 Å². The molecule has 2 bridgehead atoms. The molecule has 0 saturated carbocycles. The van der Waals surface area contributed by atoms with E-state index in [0.29, 0.717) is 19.5 Å². The number of amides is 3. The molecule has 3 amide bonds. The average molecular weight is 474 g/mol. The molecule has 7 nitrogen and oxygen atoms in total. The Morgan fingerprint density at radius 1 is 1.21 bits per heavy atom. The standard InChI is InChI=1S/C25H35N3O4S/c1-15-13-17-18(21(30)26-14-16-9-6-5-7-10-16)19-23(32)28(11-8-12-29)20(25(15,19)33-17)22(31)27-24(2,3)4/h5-7,9-10,15,17-20,29H,8,11-14H2,1-4H3,(H,26,30)(H,27,31)/t15?,17-,18+,19-,20?,25?/m0/s1. The minimum Gasteiger partial charge on any atom is -0.396 e. The molecule has 0 radical (unpaired) electrons. The van der Waals surface area contributed by atoms with Crippen molar-refractivity contribution < 1.29 is 19.5 Å². The second-order valence-corrected chi connectivity index (χ2v) is 12.2. The lowest BCUT2D eigenvalue weighted by atomic mass is 9.65. The number of benzene rings is 1. The molecule has 3 N–H and O–H groups in total. The third-order valence-electron chi connectivity index (χ3n) is 7.16. The monoisotopic (exact) mass is 473 g/mol. The van der Waals surface area contributed by atoms with E-state index in [0.717, 1.165) is 12.0 Å². The lowest BCUT2D eigenvalue weighted by Gasteiger charge is -2.39. The Bertz CT molecular complexity index is 918. The summed E-state index contributed by atoms with van der Waals surface area (Å²) < 4.78 is -0.624. The Balaban J connectivity index is 1.64. The largest absolute Gasteiger partial charge is 0.396 e. The fourth-order valence-corrected chi connectivity index (χ4v) is 8.36. The molecule has 1 spiro atoms. The summed E-state index contributed by atoms with van der Waals surface area (Å²) >= 11 is 1.67. The van der Waals surface area contributed by atoms with Gasteiger partial charge < -0.3 is 20.6 Å². The highest BCUT2D eigenvalue weighted by molar-refractivity contribution is 8.02. The van der Waals surface area contributed by atoms with Gasteiger partial charge in [0.05, 0.1) is 16.6 Å². The van der Waals surface area contributed by atoms with Crippen molar-refractivity contribution in [2.75, 3.05) is 13.2 Å². The third-order valence-corrected chi connectivity index (χ3v) is 9.24. The zero-order valence-electron chi connectivity index (χ0n) is 19.8. The van der Waals surface area contributed by atoms with Crippen LogP contribution in [-0.2, 0) is 20.9 Å². The third kappa shape index (κ3) is 4.16. The Hall–Kier alpha value is -2.06. The molecule has 1 aromatic rings. The molecule has 6 atom stereocenters. The number of nitrogens with zero attached hydrogens (tertiary/aromatic N) is 1. The van der Waals surface area contributed by atoms with Crippen LogP contribution >= 0.6 is 11.8 Å². The predicted octanol–water partition coefficient (Wildman–Crippen LogP) is 1.94. The van der Waals surface area contributed by atoms with E-state index < -0.39 is 28.2 Å². The summed E-state index contributed by atoms with van der Waals surface area (Å²) in [5.74, 6) is -1.25. The topological polar surface area (TPSA) is 98.7 Å². The summed E-state index contributed by atoms with van der Waals surface area (Å²) in [4.78, 5) is 42.4. The molecule has 3 aliphatic rings. The van der Waals surface area contributed by atoms with Crippen molar-refractivity contribution in [3.8, 4) is 0 Å². The lowest BCUT2D eigenvalue weighted by molar-refractivity contribution is -0.140. The molecule has 3 aliphatic heterocycles. The highest BCUT2D eigenvalue weighted by atomic mass is 32.2. The van der Waals surface area contributed by atoms with Gasteiger partial charge in [0.2, 0.25) is 17.7 Å². The maximum absolute atomic E-state index is 13.8. The first-order valence-electron chi connectivity index (χ1n) is 11.8. The molecule has 1 aromatic carbocycles. The molecule has 3 fully saturated rings. The van der Waals surface area contributed by atoms with Crippen LogP contribution < -0.4 is 10.6 Å². The van der Waals surface area contributed by atoms with Crippen molar-refractivity contribution in [3.05, 3.63) is 35.9 Å². The van der Waals surface area contributed by atoms with Gasteiger partial charge in [-0.25, -0.2) is 0 Å². The second-order valence-electron chi connectivity index (χ2n) is 10.6. The van der Waals surface area contributed by atoms with E-state index in [2.05, 4.69) is 17.6 Å². The first kappa shape index (κ1) is 24.1. The summed E-state index contributed by atoms with van der Waals surface area (Å²) in [5, 5.41) is 15.6. The molecule has 3 unspecified atom stereocenters. The number of hydrogen-bond acceptors (Lipinski definition) is 5. The SMILES string of the molecule is CC1C[C@@H]2SC13C(C(=O)NC(C)(C)C)N(CCCO)C(=O)[C@@H]3[C@@H]2C(=O)NCc1ccccc1. The molecule has 180 valence electrons. The molecule has 33 heavy (non-hydrogen) atoms. The van der Waals surface area contributed by atoms with Crippen molar-refractivity contribution in [2.45, 2.75) is 68.7 Å². The molecule has 3 saturated heterocycles. The van der Waals surface area contributed by atoms with E-state index in [1.54, 1.807) is 16.7 Å². The van der Waals surface area contributed by atoms with Gasteiger partial charge in [0.25, 0.3) is 0 Å². The Morgan fingerprint density at radius 2 is 1.91 bits per heavy atom. The van der Waals surface area contributed by atoms with E-state index in [9.17, 15) is 19.5 Å². The van der Waals surface area contributed by atoms with Crippen molar-refractivity contribution in [3.63, 3.8) is 0 Å². The van der Waals surface area contributed by atoms with Gasteiger partial charge in [0, 0.05) is 30.5 Å². The maximum atomic E-state index is 13.8. The lowest BCUT2D eigenvalue weighted by Crippen LogP contribution is -2.59. The number of likely N-dealkylation sites (tertiary alicyclic amines) is 1. The normalized spacial score (nSPS) is 32.7. The van der Waals surface area contributed by atoms with E-state index in [1.165, 1.54) is 0 Å². The van der Waals surface area contributed by atoms with Gasteiger partial charge in [-0.1, -0.05) is 37.3 Å². The van der Waals surface area contributed by atoms with Crippen LogP contribution in [0.15, 0.2) is 30.3 Å². The van der Waals surface area contributed by atoms with E-state index in [4.69, 9.17) is 0 Å². The molecular formula is C25H35N3O4S. The van der Waals surface area contributed by atoms with E-state index in [1.807, 2.05) is 51.1 Å². The molecule has 0 aromatic heterocycles. The predicted molar refractivity (Wildman–Crippen MR) is 128 cm³/mol. The van der Waals surface area contributed by atoms with Crippen LogP contribution in [0.3, 0.4) is 0 Å². The number of carbonyl (C=O) groups excluding carboxylic acids is 3. The van der Waals surface area contributed by atoms with Crippen LogP contribution in [0.25, 0.3) is 0 Å². The van der Waals surface area contributed by atoms with Crippen LogP contribution in [0.5, 0.6) is 0 Å². The quantitative estimate of drug-likeness (QED) is 0.562. The molecule has 3 heterocycles. The summed E-state index contributed by atoms with van der Waals surface area (Å²) in [7, 11) is 0. The van der Waals surface area contributed by atoms with Gasteiger partial charge in [-0.2, -0.15) is 0 Å². The van der Waals surface area contributed by atoms with Crippen LogP contribution in [0, 0.1) is 17.8 Å². The van der Waals surface area contributed by atoms with Gasteiger partial charge in [0.15, 0.2) is 0 Å². The summed E-state index contributed by atoms with van der Waals surface area (Å²) in [6.45, 7) is 8.57. The Morgan fingerprint density at radius 3 is 2.55 bits per heavy atom. The number of aliphatic hydroxyl groups excluding tert-OH is 1. The number of carbonyl (C=O) groups is 3. The first-order chi connectivity index (χ1) is 15.6. The Kier molecular flexibility index (Phi) is 6.53. The summed E-state index contributed by atoms with van der Waals surface area (Å²) in [5.41, 5.74) is 0.573. The number of fused-ring (bicyclic) bond motifs is 1. The molecule has 4 rings (SSSR count). The zero-order chi connectivity index (χ0) is 24.0. The van der Waals surface area contributed by atoms with Crippen molar-refractivity contribution in [2.24, 2.45) is 17.8 Å². The second kappa shape index (κ2) is 8.95. The molecule has 0 aliphatic carbocycles. The fourth-order valence-electron chi connectivity index (χ4n) is 5.94. The summed E-state index contributed by atoms with van der Waals surface area (Å²) in [6, 6.07) is 9.09. The van der Waals surface area contributed by atoms with Gasteiger partial charge in [-0.05, 0) is 45.1 Å². The number of rotatable bonds is 7. The van der Waals surface area contributed by atoms with E-state index in [-0.39, 0.29) is 35.5 Å². The first-order valence-corrected chi connectivity index (χ1v) is 12.7. The van der Waals surface area contributed by atoms with Crippen LogP contribution in [0.1, 0.15) is 46.1 Å². The number of nitrogens with one attached hydrogen (secondary N) is 2. The van der Waals surface area contributed by atoms with Gasteiger partial charge in [0.1, 0.15) is 6.04 Å².